The Morgan fingerprint density at radius 2 is 2.00 bits per heavy atom. The van der Waals surface area contributed by atoms with E-state index in [0.717, 1.165) is 0 Å². The van der Waals surface area contributed by atoms with Crippen molar-refractivity contribution in [2.75, 3.05) is 13.7 Å². The van der Waals surface area contributed by atoms with E-state index in [0.29, 0.717) is 24.1 Å². The molecule has 7 nitrogen and oxygen atoms in total. The molecule has 0 atom stereocenters. The fraction of sp³-hybridized carbons (Fsp3) is 0.545. The summed E-state index contributed by atoms with van der Waals surface area (Å²) in [7, 11) is 1.47. The first kappa shape index (κ1) is 14.2. The molecule has 0 saturated carbocycles. The van der Waals surface area contributed by atoms with E-state index in [1.54, 1.807) is 0 Å². The van der Waals surface area contributed by atoms with Gasteiger partial charge < -0.3 is 14.5 Å². The zero-order chi connectivity index (χ0) is 13.5. The van der Waals surface area contributed by atoms with Crippen LogP contribution in [0.25, 0.3) is 0 Å². The number of nitrogens with one attached hydrogen (secondary N) is 2. The molecule has 100 valence electrons. The summed E-state index contributed by atoms with van der Waals surface area (Å²) in [4.78, 5) is 38.0. The van der Waals surface area contributed by atoms with Gasteiger partial charge in [0, 0.05) is 19.7 Å². The fourth-order valence-electron chi connectivity index (χ4n) is 1.53. The molecule has 1 rings (SSSR count). The van der Waals surface area contributed by atoms with Crippen molar-refractivity contribution in [3.05, 3.63) is 32.1 Å². The maximum Gasteiger partial charge on any atom is 0.325 e. The second kappa shape index (κ2) is 6.75. The molecule has 0 saturated heterocycles. The molecule has 0 radical (unpaired) electrons. The van der Waals surface area contributed by atoms with Crippen molar-refractivity contribution in [1.82, 2.24) is 9.97 Å². The molecular formula is C11H16N2O5. The molecule has 0 bridgehead atoms. The van der Waals surface area contributed by atoms with Crippen LogP contribution in [0.15, 0.2) is 9.59 Å². The van der Waals surface area contributed by atoms with Crippen LogP contribution < -0.4 is 11.2 Å². The van der Waals surface area contributed by atoms with Gasteiger partial charge in [0.25, 0.3) is 5.56 Å². The molecule has 0 aromatic carbocycles. The molecule has 0 aliphatic rings. The number of aromatic nitrogens is 2. The summed E-state index contributed by atoms with van der Waals surface area (Å²) in [6.07, 6.45) is 0.959. The predicted molar refractivity (Wildman–Crippen MR) is 63.4 cm³/mol. The van der Waals surface area contributed by atoms with Crippen molar-refractivity contribution >= 4 is 5.97 Å². The van der Waals surface area contributed by atoms with Gasteiger partial charge in [0.05, 0.1) is 18.8 Å². The number of H-pyrrole nitrogens is 2. The van der Waals surface area contributed by atoms with Gasteiger partial charge in [0.2, 0.25) is 0 Å². The highest BCUT2D eigenvalue weighted by molar-refractivity contribution is 5.65. The van der Waals surface area contributed by atoms with Crippen LogP contribution in [0.3, 0.4) is 0 Å². The van der Waals surface area contributed by atoms with E-state index in [1.165, 1.54) is 14.0 Å². The minimum atomic E-state index is -0.553. The van der Waals surface area contributed by atoms with Crippen LogP contribution in [0.5, 0.6) is 0 Å². The Balaban J connectivity index is 2.77. The van der Waals surface area contributed by atoms with Crippen LogP contribution in [0.1, 0.15) is 24.6 Å². The number of aryl methyl sites for hydroxylation is 1. The number of aromatic amines is 2. The predicted octanol–water partition coefficient (Wildman–Crippen LogP) is -0.295. The summed E-state index contributed by atoms with van der Waals surface area (Å²) in [6.45, 7) is 1.69. The maximum atomic E-state index is 11.6. The number of rotatable bonds is 6. The van der Waals surface area contributed by atoms with Crippen LogP contribution in [-0.2, 0) is 27.3 Å². The molecule has 1 aromatic heterocycles. The lowest BCUT2D eigenvalue weighted by Gasteiger charge is -2.07. The third kappa shape index (κ3) is 4.17. The van der Waals surface area contributed by atoms with Gasteiger partial charge in [-0.15, -0.1) is 0 Å². The molecule has 0 unspecified atom stereocenters. The number of carbonyl (C=O) groups is 1. The molecule has 0 fully saturated rings. The van der Waals surface area contributed by atoms with Crippen molar-refractivity contribution in [2.45, 2.75) is 26.4 Å². The van der Waals surface area contributed by atoms with Crippen molar-refractivity contribution in [2.24, 2.45) is 0 Å². The minimum Gasteiger partial charge on any atom is -0.466 e. The molecule has 7 heteroatoms. The van der Waals surface area contributed by atoms with E-state index in [9.17, 15) is 14.4 Å². The van der Waals surface area contributed by atoms with Gasteiger partial charge >= 0.3 is 11.7 Å². The number of hydrogen-bond donors (Lipinski definition) is 2. The van der Waals surface area contributed by atoms with Crippen LogP contribution in [-0.4, -0.2) is 29.7 Å². The summed E-state index contributed by atoms with van der Waals surface area (Å²) in [6, 6.07) is 0. The monoisotopic (exact) mass is 256 g/mol. The van der Waals surface area contributed by atoms with Crippen molar-refractivity contribution in [3.63, 3.8) is 0 Å². The lowest BCUT2D eigenvalue weighted by molar-refractivity contribution is -0.141. The lowest BCUT2D eigenvalue weighted by Crippen LogP contribution is -2.28. The van der Waals surface area contributed by atoms with Gasteiger partial charge in [-0.1, -0.05) is 0 Å². The number of esters is 1. The molecule has 0 aliphatic heterocycles. The average molecular weight is 256 g/mol. The van der Waals surface area contributed by atoms with E-state index < -0.39 is 11.2 Å². The molecule has 0 amide bonds. The Morgan fingerprint density at radius 1 is 1.28 bits per heavy atom. The summed E-state index contributed by atoms with van der Waals surface area (Å²) in [5, 5.41) is 0. The SMILES string of the molecule is COCc1c(CCCOC(C)=O)[nH]c(=O)[nH]c1=O. The van der Waals surface area contributed by atoms with Crippen LogP contribution in [0.4, 0.5) is 0 Å². The largest absolute Gasteiger partial charge is 0.466 e. The average Bonchev–Trinajstić information content (AvgIpc) is 2.28. The molecule has 2 N–H and O–H groups in total. The number of hydrogen-bond acceptors (Lipinski definition) is 5. The summed E-state index contributed by atoms with van der Waals surface area (Å²) >= 11 is 0. The van der Waals surface area contributed by atoms with E-state index in [4.69, 9.17) is 9.47 Å². The highest BCUT2D eigenvalue weighted by Gasteiger charge is 2.09. The number of ether oxygens (including phenoxy) is 2. The van der Waals surface area contributed by atoms with E-state index in [1.807, 2.05) is 0 Å². The normalized spacial score (nSPS) is 10.3. The van der Waals surface area contributed by atoms with Crippen LogP contribution in [0, 0.1) is 0 Å². The van der Waals surface area contributed by atoms with Gasteiger partial charge in [-0.3, -0.25) is 14.6 Å². The van der Waals surface area contributed by atoms with E-state index in [-0.39, 0.29) is 19.2 Å². The van der Waals surface area contributed by atoms with Crippen LogP contribution >= 0.6 is 0 Å². The maximum absolute atomic E-state index is 11.6. The lowest BCUT2D eigenvalue weighted by atomic mass is 10.1. The first-order chi connectivity index (χ1) is 8.54. The highest BCUT2D eigenvalue weighted by Crippen LogP contribution is 2.03. The molecule has 18 heavy (non-hydrogen) atoms. The van der Waals surface area contributed by atoms with Gasteiger partial charge in [0.15, 0.2) is 0 Å². The zero-order valence-corrected chi connectivity index (χ0v) is 10.4. The van der Waals surface area contributed by atoms with Crippen molar-refractivity contribution in [3.8, 4) is 0 Å². The van der Waals surface area contributed by atoms with Crippen molar-refractivity contribution in [1.29, 1.82) is 0 Å². The first-order valence-corrected chi connectivity index (χ1v) is 5.51. The molecule has 1 aromatic rings. The first-order valence-electron chi connectivity index (χ1n) is 5.51. The van der Waals surface area contributed by atoms with Crippen LogP contribution in [0.2, 0.25) is 0 Å². The molecular weight excluding hydrogens is 240 g/mol. The summed E-state index contributed by atoms with van der Waals surface area (Å²) in [5.41, 5.74) is -0.108. The smallest absolute Gasteiger partial charge is 0.325 e. The van der Waals surface area contributed by atoms with Gasteiger partial charge in [-0.25, -0.2) is 4.79 Å². The third-order valence-electron chi connectivity index (χ3n) is 2.29. The Labute approximate surface area is 103 Å². The van der Waals surface area contributed by atoms with E-state index in [2.05, 4.69) is 9.97 Å². The van der Waals surface area contributed by atoms with Gasteiger partial charge in [0.1, 0.15) is 0 Å². The van der Waals surface area contributed by atoms with Crippen molar-refractivity contribution < 1.29 is 14.3 Å². The molecule has 1 heterocycles. The Hall–Kier alpha value is -1.89. The highest BCUT2D eigenvalue weighted by atomic mass is 16.5. The number of methoxy groups -OCH3 is 1. The topological polar surface area (TPSA) is 101 Å². The standard InChI is InChI=1S/C11H16N2O5/c1-7(14)18-5-3-4-9-8(6-17-2)10(15)13-11(16)12-9/h3-6H2,1-2H3,(H2,12,13,15,16). The van der Waals surface area contributed by atoms with E-state index >= 15 is 0 Å². The van der Waals surface area contributed by atoms with Gasteiger partial charge in [-0.05, 0) is 12.8 Å². The molecule has 0 aliphatic carbocycles. The molecule has 0 spiro atoms. The quantitative estimate of drug-likeness (QED) is 0.537. The Bertz CT molecular complexity index is 517. The number of carbonyl (C=O) groups excluding carboxylic acids is 1. The second-order valence-corrected chi connectivity index (χ2v) is 3.74. The second-order valence-electron chi connectivity index (χ2n) is 3.74. The zero-order valence-electron chi connectivity index (χ0n) is 10.4. The Kier molecular flexibility index (Phi) is 5.31. The Morgan fingerprint density at radius 3 is 2.61 bits per heavy atom. The summed E-state index contributed by atoms with van der Waals surface area (Å²) < 4.78 is 9.68. The van der Waals surface area contributed by atoms with Gasteiger partial charge in [-0.2, -0.15) is 0 Å². The minimum absolute atomic E-state index is 0.120. The fourth-order valence-corrected chi connectivity index (χ4v) is 1.53. The third-order valence-corrected chi connectivity index (χ3v) is 2.29. The summed E-state index contributed by atoms with van der Waals surface area (Å²) in [5.74, 6) is -0.355.